The van der Waals surface area contributed by atoms with E-state index < -0.39 is 5.82 Å². The molecule has 7 heteroatoms. The van der Waals surface area contributed by atoms with E-state index in [4.69, 9.17) is 9.26 Å². The van der Waals surface area contributed by atoms with Crippen LogP contribution in [0.5, 0.6) is 5.75 Å². The van der Waals surface area contributed by atoms with E-state index >= 15 is 0 Å². The van der Waals surface area contributed by atoms with Crippen LogP contribution in [0.4, 0.5) is 10.1 Å². The highest BCUT2D eigenvalue weighted by Crippen LogP contribution is 2.32. The summed E-state index contributed by atoms with van der Waals surface area (Å²) in [5.74, 6) is 0.532. The summed E-state index contributed by atoms with van der Waals surface area (Å²) in [7, 11) is 1.40. The van der Waals surface area contributed by atoms with Gasteiger partial charge >= 0.3 is 0 Å². The van der Waals surface area contributed by atoms with Gasteiger partial charge in [-0.25, -0.2) is 4.39 Å². The van der Waals surface area contributed by atoms with Gasteiger partial charge in [-0.3, -0.25) is 4.79 Å². The number of ether oxygens (including phenoxy) is 1. The van der Waals surface area contributed by atoms with Gasteiger partial charge < -0.3 is 14.2 Å². The Morgan fingerprint density at radius 2 is 2.30 bits per heavy atom. The van der Waals surface area contributed by atoms with Crippen molar-refractivity contribution in [3.8, 4) is 5.75 Å². The first-order chi connectivity index (χ1) is 11.1. The number of hydrogen-bond donors (Lipinski definition) is 0. The molecule has 1 aliphatic heterocycles. The molecule has 1 aromatic heterocycles. The second-order valence-corrected chi connectivity index (χ2v) is 5.52. The first-order valence-electron chi connectivity index (χ1n) is 7.58. The van der Waals surface area contributed by atoms with E-state index in [9.17, 15) is 9.18 Å². The van der Waals surface area contributed by atoms with Gasteiger partial charge in [0.05, 0.1) is 13.0 Å². The van der Waals surface area contributed by atoms with Crippen LogP contribution in [0.2, 0.25) is 0 Å². The molecular weight excluding hydrogens is 301 g/mol. The van der Waals surface area contributed by atoms with Crippen LogP contribution in [0.3, 0.4) is 0 Å². The largest absolute Gasteiger partial charge is 0.494 e. The number of nitrogens with zero attached hydrogens (tertiary/aromatic N) is 3. The quantitative estimate of drug-likeness (QED) is 0.847. The lowest BCUT2D eigenvalue weighted by Gasteiger charge is -2.16. The maximum Gasteiger partial charge on any atom is 0.232 e. The third kappa shape index (κ3) is 3.04. The van der Waals surface area contributed by atoms with Crippen molar-refractivity contribution in [2.24, 2.45) is 0 Å². The van der Waals surface area contributed by atoms with Crippen LogP contribution in [0, 0.1) is 5.82 Å². The van der Waals surface area contributed by atoms with Crippen LogP contribution in [0.25, 0.3) is 0 Å². The number of rotatable bonds is 5. The maximum absolute atomic E-state index is 13.8. The number of carbonyl (C=O) groups excluding carboxylic acids is 1. The topological polar surface area (TPSA) is 68.5 Å². The van der Waals surface area contributed by atoms with E-state index in [1.165, 1.54) is 24.1 Å². The molecule has 1 fully saturated rings. The standard InChI is InChI=1S/C16H18FN3O3/c1-3-4-14-18-16(23-19-14)10-7-15(21)20(9-10)11-5-6-13(22-2)12(17)8-11/h5-6,8,10H,3-4,7,9H2,1-2H3. The van der Waals surface area contributed by atoms with Crippen molar-refractivity contribution in [3.05, 3.63) is 35.7 Å². The third-order valence-electron chi connectivity index (χ3n) is 3.88. The third-order valence-corrected chi connectivity index (χ3v) is 3.88. The van der Waals surface area contributed by atoms with Crippen molar-refractivity contribution < 1.29 is 18.4 Å². The fourth-order valence-corrected chi connectivity index (χ4v) is 2.70. The molecule has 2 heterocycles. The van der Waals surface area contributed by atoms with E-state index in [1.54, 1.807) is 6.07 Å². The molecule has 0 saturated carbocycles. The zero-order valence-electron chi connectivity index (χ0n) is 13.1. The second-order valence-electron chi connectivity index (χ2n) is 5.52. The number of aryl methyl sites for hydroxylation is 1. The Labute approximate surface area is 133 Å². The molecule has 3 rings (SSSR count). The summed E-state index contributed by atoms with van der Waals surface area (Å²) >= 11 is 0. The maximum atomic E-state index is 13.8. The summed E-state index contributed by atoms with van der Waals surface area (Å²) in [6, 6.07) is 4.48. The van der Waals surface area contributed by atoms with Crippen molar-refractivity contribution in [1.29, 1.82) is 0 Å². The number of benzene rings is 1. The summed E-state index contributed by atoms with van der Waals surface area (Å²) in [6.07, 6.45) is 1.96. The molecule has 0 spiro atoms. The summed E-state index contributed by atoms with van der Waals surface area (Å²) in [5, 5.41) is 3.92. The molecule has 0 N–H and O–H groups in total. The number of amides is 1. The monoisotopic (exact) mass is 319 g/mol. The second kappa shape index (κ2) is 6.36. The SMILES string of the molecule is CCCc1noc(C2CC(=O)N(c3ccc(OC)c(F)c3)C2)n1. The normalized spacial score (nSPS) is 17.8. The first kappa shape index (κ1) is 15.5. The molecule has 1 aliphatic rings. The smallest absolute Gasteiger partial charge is 0.232 e. The summed E-state index contributed by atoms with van der Waals surface area (Å²) < 4.78 is 24.0. The Morgan fingerprint density at radius 3 is 3.00 bits per heavy atom. The van der Waals surface area contributed by atoms with Gasteiger partial charge in [0, 0.05) is 31.1 Å². The van der Waals surface area contributed by atoms with Crippen LogP contribution in [0.1, 0.15) is 37.4 Å². The van der Waals surface area contributed by atoms with E-state index in [0.29, 0.717) is 23.9 Å². The minimum Gasteiger partial charge on any atom is -0.494 e. The molecule has 2 aromatic rings. The van der Waals surface area contributed by atoms with Gasteiger partial charge in [-0.1, -0.05) is 12.1 Å². The molecule has 23 heavy (non-hydrogen) atoms. The number of hydrogen-bond acceptors (Lipinski definition) is 5. The highest BCUT2D eigenvalue weighted by molar-refractivity contribution is 5.96. The number of aromatic nitrogens is 2. The van der Waals surface area contributed by atoms with E-state index in [2.05, 4.69) is 10.1 Å². The zero-order chi connectivity index (χ0) is 16.4. The minimum atomic E-state index is -0.496. The highest BCUT2D eigenvalue weighted by atomic mass is 19.1. The van der Waals surface area contributed by atoms with Crippen LogP contribution >= 0.6 is 0 Å². The van der Waals surface area contributed by atoms with E-state index in [1.807, 2.05) is 6.92 Å². The van der Waals surface area contributed by atoms with Crippen molar-refractivity contribution in [1.82, 2.24) is 10.1 Å². The van der Waals surface area contributed by atoms with Gasteiger partial charge in [0.25, 0.3) is 0 Å². The lowest BCUT2D eigenvalue weighted by molar-refractivity contribution is -0.117. The predicted molar refractivity (Wildman–Crippen MR) is 81.0 cm³/mol. The molecule has 6 nitrogen and oxygen atoms in total. The Bertz CT molecular complexity index is 716. The highest BCUT2D eigenvalue weighted by Gasteiger charge is 2.35. The van der Waals surface area contributed by atoms with Gasteiger partial charge in [-0.2, -0.15) is 4.98 Å². The van der Waals surface area contributed by atoms with Crippen molar-refractivity contribution >= 4 is 11.6 Å². The average molecular weight is 319 g/mol. The predicted octanol–water partition coefficient (Wildman–Crippen LogP) is 2.69. The van der Waals surface area contributed by atoms with Gasteiger partial charge in [0.2, 0.25) is 11.8 Å². The molecule has 122 valence electrons. The zero-order valence-corrected chi connectivity index (χ0v) is 13.1. The van der Waals surface area contributed by atoms with Crippen molar-refractivity contribution in [3.63, 3.8) is 0 Å². The molecule has 1 unspecified atom stereocenters. The van der Waals surface area contributed by atoms with Gasteiger partial charge in [-0.05, 0) is 18.6 Å². The first-order valence-corrected chi connectivity index (χ1v) is 7.58. The number of methoxy groups -OCH3 is 1. The Morgan fingerprint density at radius 1 is 1.48 bits per heavy atom. The van der Waals surface area contributed by atoms with Gasteiger partial charge in [0.1, 0.15) is 0 Å². The van der Waals surface area contributed by atoms with E-state index in [0.717, 1.165) is 12.8 Å². The fourth-order valence-electron chi connectivity index (χ4n) is 2.70. The molecule has 0 radical (unpaired) electrons. The Hall–Kier alpha value is -2.44. The van der Waals surface area contributed by atoms with Crippen LogP contribution < -0.4 is 9.64 Å². The lowest BCUT2D eigenvalue weighted by Crippen LogP contribution is -2.24. The van der Waals surface area contributed by atoms with Gasteiger partial charge in [0.15, 0.2) is 17.4 Å². The van der Waals surface area contributed by atoms with E-state index in [-0.39, 0.29) is 24.0 Å². The molecule has 0 bridgehead atoms. The number of anilines is 1. The molecular formula is C16H18FN3O3. The summed E-state index contributed by atoms with van der Waals surface area (Å²) in [5.41, 5.74) is 0.504. The molecule has 1 saturated heterocycles. The van der Waals surface area contributed by atoms with Crippen LogP contribution in [-0.4, -0.2) is 29.7 Å². The van der Waals surface area contributed by atoms with Crippen LogP contribution in [0.15, 0.2) is 22.7 Å². The van der Waals surface area contributed by atoms with Crippen LogP contribution in [-0.2, 0) is 11.2 Å². The summed E-state index contributed by atoms with van der Waals surface area (Å²) in [6.45, 7) is 2.44. The van der Waals surface area contributed by atoms with Gasteiger partial charge in [-0.15, -0.1) is 0 Å². The Balaban J connectivity index is 1.77. The Kier molecular flexibility index (Phi) is 4.27. The molecule has 0 aliphatic carbocycles. The average Bonchev–Trinajstić information content (AvgIpc) is 3.14. The van der Waals surface area contributed by atoms with Crippen molar-refractivity contribution in [2.45, 2.75) is 32.1 Å². The molecule has 1 aromatic carbocycles. The lowest BCUT2D eigenvalue weighted by atomic mass is 10.1. The number of halogens is 1. The fraction of sp³-hybridized carbons (Fsp3) is 0.438. The number of carbonyl (C=O) groups is 1. The minimum absolute atomic E-state index is 0.0881. The van der Waals surface area contributed by atoms with Crippen molar-refractivity contribution in [2.75, 3.05) is 18.6 Å². The summed E-state index contributed by atoms with van der Waals surface area (Å²) in [4.78, 5) is 18.1. The molecule has 1 amide bonds. The molecule has 1 atom stereocenters.